The highest BCUT2D eigenvalue weighted by atomic mass is 127. The highest BCUT2D eigenvalue weighted by Crippen LogP contribution is 2.25. The van der Waals surface area contributed by atoms with E-state index in [9.17, 15) is 8.78 Å². The number of halogens is 4. The van der Waals surface area contributed by atoms with E-state index in [1.165, 1.54) is 6.07 Å². The van der Waals surface area contributed by atoms with Gasteiger partial charge in [0.2, 0.25) is 6.86 Å². The Morgan fingerprint density at radius 1 is 1.33 bits per heavy atom. The summed E-state index contributed by atoms with van der Waals surface area (Å²) in [5.41, 5.74) is 0. The van der Waals surface area contributed by atoms with Gasteiger partial charge in [-0.3, -0.25) is 0 Å². The van der Waals surface area contributed by atoms with Crippen LogP contribution in [0.15, 0.2) is 12.1 Å². The van der Waals surface area contributed by atoms with Crippen molar-refractivity contribution in [2.75, 3.05) is 6.86 Å². The zero-order valence-corrected chi connectivity index (χ0v) is 10.1. The lowest BCUT2D eigenvalue weighted by atomic mass is 10.3. The summed E-state index contributed by atoms with van der Waals surface area (Å²) >= 11 is 3.85. The van der Waals surface area contributed by atoms with Crippen LogP contribution in [0, 0.1) is 13.0 Å². The van der Waals surface area contributed by atoms with Gasteiger partial charge in [0.15, 0.2) is 11.6 Å². The average Bonchev–Trinajstić information content (AvgIpc) is 2.00. The molecule has 0 atom stereocenters. The van der Waals surface area contributed by atoms with Gasteiger partial charge in [0.1, 0.15) is 0 Å². The number of hydrogen-bond donors (Lipinski definition) is 0. The van der Waals surface area contributed by atoms with Crippen molar-refractivity contribution < 1.29 is 13.5 Å². The minimum Gasteiger partial charge on any atom is -0.460 e. The predicted molar refractivity (Wildman–Crippen MR) is 58.4 cm³/mol. The largest absolute Gasteiger partial charge is 0.460 e. The number of alkyl halides is 1. The third kappa shape index (κ3) is 2.41. The summed E-state index contributed by atoms with van der Waals surface area (Å²) in [4.78, 5) is 0. The molecule has 0 aromatic heterocycles. The SMILES string of the molecule is FCOc1cc(I)cc(I)c1F. The van der Waals surface area contributed by atoms with E-state index in [-0.39, 0.29) is 5.75 Å². The van der Waals surface area contributed by atoms with Crippen molar-refractivity contribution in [1.82, 2.24) is 0 Å². The lowest BCUT2D eigenvalue weighted by Crippen LogP contribution is -1.96. The van der Waals surface area contributed by atoms with Crippen LogP contribution in [0.5, 0.6) is 5.75 Å². The molecule has 5 heteroatoms. The van der Waals surface area contributed by atoms with Crippen molar-refractivity contribution in [1.29, 1.82) is 0 Å². The molecule has 1 aromatic rings. The summed E-state index contributed by atoms with van der Waals surface area (Å²) in [7, 11) is 0. The number of benzene rings is 1. The van der Waals surface area contributed by atoms with Crippen LogP contribution in [0.3, 0.4) is 0 Å². The topological polar surface area (TPSA) is 9.23 Å². The molecule has 0 radical (unpaired) electrons. The summed E-state index contributed by atoms with van der Waals surface area (Å²) in [6, 6.07) is 3.11. The molecule has 0 aliphatic carbocycles. The van der Waals surface area contributed by atoms with Crippen LogP contribution < -0.4 is 4.74 Å². The highest BCUT2D eigenvalue weighted by Gasteiger charge is 2.08. The molecule has 0 unspecified atom stereocenters. The monoisotopic (exact) mass is 396 g/mol. The molecule has 0 heterocycles. The van der Waals surface area contributed by atoms with Crippen molar-refractivity contribution in [3.05, 3.63) is 25.1 Å². The normalized spacial score (nSPS) is 10.0. The van der Waals surface area contributed by atoms with Crippen molar-refractivity contribution >= 4 is 45.2 Å². The van der Waals surface area contributed by atoms with E-state index in [1.54, 1.807) is 6.07 Å². The Hall–Kier alpha value is 0.340. The first kappa shape index (κ1) is 10.4. The fraction of sp³-hybridized carbons (Fsp3) is 0.143. The molecule has 0 saturated carbocycles. The van der Waals surface area contributed by atoms with E-state index in [0.29, 0.717) is 3.57 Å². The Morgan fingerprint density at radius 3 is 2.58 bits per heavy atom. The average molecular weight is 396 g/mol. The minimum atomic E-state index is -1.01. The maximum absolute atomic E-state index is 13.1. The lowest BCUT2D eigenvalue weighted by Gasteiger charge is -2.04. The maximum atomic E-state index is 13.1. The molecule has 1 aromatic carbocycles. The third-order valence-corrected chi connectivity index (χ3v) is 2.58. The van der Waals surface area contributed by atoms with Crippen LogP contribution in [0.1, 0.15) is 0 Å². The van der Waals surface area contributed by atoms with E-state index in [2.05, 4.69) is 4.74 Å². The Morgan fingerprint density at radius 2 is 2.00 bits per heavy atom. The predicted octanol–water partition coefficient (Wildman–Crippen LogP) is 3.34. The van der Waals surface area contributed by atoms with Gasteiger partial charge in [-0.1, -0.05) is 0 Å². The van der Waals surface area contributed by atoms with Crippen molar-refractivity contribution in [2.45, 2.75) is 0 Å². The van der Waals surface area contributed by atoms with Gasteiger partial charge >= 0.3 is 0 Å². The summed E-state index contributed by atoms with van der Waals surface area (Å²) in [5.74, 6) is -0.539. The first-order valence-corrected chi connectivity index (χ1v) is 5.14. The van der Waals surface area contributed by atoms with Crippen LogP contribution in [-0.2, 0) is 0 Å². The molecule has 0 aliphatic heterocycles. The molecular formula is C7H4F2I2O. The van der Waals surface area contributed by atoms with E-state index in [1.807, 2.05) is 45.2 Å². The molecule has 66 valence electrons. The number of ether oxygens (including phenoxy) is 1. The van der Waals surface area contributed by atoms with Gasteiger partial charge in [0, 0.05) is 3.57 Å². The molecule has 0 amide bonds. The van der Waals surface area contributed by atoms with Gasteiger partial charge < -0.3 is 4.74 Å². The second-order valence-electron chi connectivity index (χ2n) is 1.95. The molecular weight excluding hydrogens is 392 g/mol. The molecule has 0 saturated heterocycles. The van der Waals surface area contributed by atoms with Crippen molar-refractivity contribution in [2.24, 2.45) is 0 Å². The zero-order chi connectivity index (χ0) is 9.14. The van der Waals surface area contributed by atoms with Gasteiger partial charge in [-0.2, -0.15) is 0 Å². The van der Waals surface area contributed by atoms with Gasteiger partial charge in [-0.05, 0) is 57.3 Å². The smallest absolute Gasteiger partial charge is 0.228 e. The highest BCUT2D eigenvalue weighted by molar-refractivity contribution is 14.1. The molecule has 1 nitrogen and oxygen atoms in total. The van der Waals surface area contributed by atoms with E-state index in [0.717, 1.165) is 3.57 Å². The maximum Gasteiger partial charge on any atom is 0.228 e. The first-order chi connectivity index (χ1) is 5.65. The fourth-order valence-corrected chi connectivity index (χ4v) is 2.49. The number of hydrogen-bond acceptors (Lipinski definition) is 1. The minimum absolute atomic E-state index is 0.0335. The van der Waals surface area contributed by atoms with Gasteiger partial charge in [0.25, 0.3) is 0 Å². The van der Waals surface area contributed by atoms with E-state index < -0.39 is 12.7 Å². The van der Waals surface area contributed by atoms with Crippen molar-refractivity contribution in [3.63, 3.8) is 0 Å². The van der Waals surface area contributed by atoms with Gasteiger partial charge in [-0.25, -0.2) is 8.78 Å². The van der Waals surface area contributed by atoms with Crippen LogP contribution in [0.25, 0.3) is 0 Å². The van der Waals surface area contributed by atoms with Crippen molar-refractivity contribution in [3.8, 4) is 5.75 Å². The van der Waals surface area contributed by atoms with Crippen LogP contribution in [0.2, 0.25) is 0 Å². The van der Waals surface area contributed by atoms with Gasteiger partial charge in [0.05, 0.1) is 3.57 Å². The fourth-order valence-electron chi connectivity index (χ4n) is 0.696. The Labute approximate surface area is 95.8 Å². The molecule has 0 spiro atoms. The molecule has 1 rings (SSSR count). The van der Waals surface area contributed by atoms with E-state index in [4.69, 9.17) is 0 Å². The molecule has 0 aliphatic rings. The molecule has 0 fully saturated rings. The Bertz CT molecular complexity index is 291. The van der Waals surface area contributed by atoms with Crippen LogP contribution >= 0.6 is 45.2 Å². The third-order valence-electron chi connectivity index (χ3n) is 1.17. The molecule has 0 N–H and O–H groups in total. The molecule has 0 bridgehead atoms. The summed E-state index contributed by atoms with van der Waals surface area (Å²) in [5, 5.41) is 0. The summed E-state index contributed by atoms with van der Waals surface area (Å²) in [6.07, 6.45) is 0. The number of rotatable bonds is 2. The Balaban J connectivity index is 3.09. The second kappa shape index (κ2) is 4.54. The Kier molecular flexibility index (Phi) is 3.94. The summed E-state index contributed by atoms with van der Waals surface area (Å²) in [6.45, 7) is -1.01. The first-order valence-electron chi connectivity index (χ1n) is 2.98. The molecule has 12 heavy (non-hydrogen) atoms. The van der Waals surface area contributed by atoms with E-state index >= 15 is 0 Å². The lowest BCUT2D eigenvalue weighted by molar-refractivity contribution is 0.184. The van der Waals surface area contributed by atoms with Crippen LogP contribution in [-0.4, -0.2) is 6.86 Å². The quantitative estimate of drug-likeness (QED) is 0.551. The zero-order valence-electron chi connectivity index (χ0n) is 5.78. The standard InChI is InChI=1S/C7H4F2I2O/c8-3-12-6-2-4(10)1-5(11)7(6)9/h1-2H,3H2. The van der Waals surface area contributed by atoms with Crippen LogP contribution in [0.4, 0.5) is 8.78 Å². The van der Waals surface area contributed by atoms with Gasteiger partial charge in [-0.15, -0.1) is 0 Å². The second-order valence-corrected chi connectivity index (χ2v) is 4.36. The summed E-state index contributed by atoms with van der Waals surface area (Å²) < 4.78 is 30.5.